The van der Waals surface area contributed by atoms with Crippen LogP contribution in [0, 0.1) is 5.92 Å². The maximum absolute atomic E-state index is 11.2. The first-order valence-corrected chi connectivity index (χ1v) is 5.49. The molecular formula is C13H19NO2. The summed E-state index contributed by atoms with van der Waals surface area (Å²) in [5, 5.41) is 0. The molecule has 16 heavy (non-hydrogen) atoms. The first-order valence-electron chi connectivity index (χ1n) is 5.49. The molecule has 1 atom stereocenters. The monoisotopic (exact) mass is 221 g/mol. The molecule has 3 heteroatoms. The molecule has 1 aromatic rings. The van der Waals surface area contributed by atoms with E-state index in [0.717, 1.165) is 0 Å². The molecule has 0 fully saturated rings. The Balaban J connectivity index is 2.85. The fourth-order valence-corrected chi connectivity index (χ4v) is 1.29. The maximum atomic E-state index is 11.2. The van der Waals surface area contributed by atoms with E-state index in [1.54, 1.807) is 18.2 Å². The highest BCUT2D eigenvalue weighted by atomic mass is 16.5. The summed E-state index contributed by atoms with van der Waals surface area (Å²) >= 11 is 0. The number of anilines is 1. The Labute approximate surface area is 96.6 Å². The second-order valence-electron chi connectivity index (χ2n) is 4.37. The van der Waals surface area contributed by atoms with Crippen LogP contribution in [0.5, 0.6) is 5.75 Å². The molecule has 0 radical (unpaired) electrons. The van der Waals surface area contributed by atoms with Crippen molar-refractivity contribution in [2.24, 2.45) is 5.92 Å². The molecule has 0 amide bonds. The Hall–Kier alpha value is -1.51. The Kier molecular flexibility index (Phi) is 3.93. The number of nitrogen functional groups attached to an aromatic ring is 1. The molecule has 1 aromatic carbocycles. The van der Waals surface area contributed by atoms with E-state index < -0.39 is 0 Å². The minimum absolute atomic E-state index is 0.0269. The highest BCUT2D eigenvalue weighted by molar-refractivity contribution is 5.99. The number of ketones is 1. The number of hydrogen-bond acceptors (Lipinski definition) is 3. The summed E-state index contributed by atoms with van der Waals surface area (Å²) < 4.78 is 5.70. The molecule has 0 saturated heterocycles. The lowest BCUT2D eigenvalue weighted by Gasteiger charge is -2.18. The Morgan fingerprint density at radius 3 is 2.38 bits per heavy atom. The van der Waals surface area contributed by atoms with Crippen molar-refractivity contribution in [2.45, 2.75) is 33.8 Å². The van der Waals surface area contributed by atoms with Gasteiger partial charge < -0.3 is 10.5 Å². The van der Waals surface area contributed by atoms with Gasteiger partial charge in [0.1, 0.15) is 5.75 Å². The predicted molar refractivity (Wildman–Crippen MR) is 65.8 cm³/mol. The Bertz CT molecular complexity index is 386. The fraction of sp³-hybridized carbons (Fsp3) is 0.462. The Morgan fingerprint density at radius 2 is 1.94 bits per heavy atom. The van der Waals surface area contributed by atoms with Gasteiger partial charge in [-0.2, -0.15) is 0 Å². The van der Waals surface area contributed by atoms with Gasteiger partial charge in [0.2, 0.25) is 0 Å². The van der Waals surface area contributed by atoms with Crippen LogP contribution in [0.15, 0.2) is 18.2 Å². The molecule has 88 valence electrons. The maximum Gasteiger partial charge on any atom is 0.161 e. The number of nitrogens with two attached hydrogens (primary N) is 1. The van der Waals surface area contributed by atoms with Crippen LogP contribution in [0.1, 0.15) is 38.1 Å². The van der Waals surface area contributed by atoms with Gasteiger partial charge in [0.25, 0.3) is 0 Å². The van der Waals surface area contributed by atoms with Gasteiger partial charge in [0.15, 0.2) is 5.78 Å². The summed E-state index contributed by atoms with van der Waals surface area (Å²) in [6.45, 7) is 7.71. The summed E-state index contributed by atoms with van der Waals surface area (Å²) in [5.41, 5.74) is 6.79. The van der Waals surface area contributed by atoms with Gasteiger partial charge in [0.05, 0.1) is 6.10 Å². The van der Waals surface area contributed by atoms with E-state index in [4.69, 9.17) is 10.5 Å². The number of Topliss-reactive ketones (excluding diaryl/α,β-unsaturated/α-hetero) is 1. The molecule has 0 spiro atoms. The third kappa shape index (κ3) is 2.99. The molecule has 2 N–H and O–H groups in total. The van der Waals surface area contributed by atoms with E-state index in [-0.39, 0.29) is 11.9 Å². The van der Waals surface area contributed by atoms with Gasteiger partial charge in [-0.25, -0.2) is 0 Å². The molecule has 0 aliphatic rings. The number of carbonyl (C=O) groups excluding carboxylic acids is 1. The number of rotatable bonds is 4. The van der Waals surface area contributed by atoms with Crippen LogP contribution in [-0.4, -0.2) is 11.9 Å². The third-order valence-electron chi connectivity index (χ3n) is 2.66. The molecule has 1 unspecified atom stereocenters. The van der Waals surface area contributed by atoms with Crippen LogP contribution in [0.25, 0.3) is 0 Å². The minimum atomic E-state index is -0.0269. The number of benzene rings is 1. The van der Waals surface area contributed by atoms with Crippen LogP contribution in [0.2, 0.25) is 0 Å². The van der Waals surface area contributed by atoms with Crippen molar-refractivity contribution in [1.82, 2.24) is 0 Å². The number of carbonyl (C=O) groups is 1. The zero-order chi connectivity index (χ0) is 12.3. The first-order chi connectivity index (χ1) is 7.41. The number of hydrogen-bond donors (Lipinski definition) is 1. The van der Waals surface area contributed by atoms with Crippen molar-refractivity contribution in [3.63, 3.8) is 0 Å². The second kappa shape index (κ2) is 5.01. The predicted octanol–water partition coefficient (Wildman–Crippen LogP) is 2.89. The molecule has 0 bridgehead atoms. The van der Waals surface area contributed by atoms with Crippen LogP contribution in [0.3, 0.4) is 0 Å². The zero-order valence-corrected chi connectivity index (χ0v) is 10.3. The average Bonchev–Trinajstić information content (AvgIpc) is 2.16. The lowest BCUT2D eigenvalue weighted by atomic mass is 10.1. The van der Waals surface area contributed by atoms with Crippen molar-refractivity contribution in [1.29, 1.82) is 0 Å². The van der Waals surface area contributed by atoms with Crippen molar-refractivity contribution < 1.29 is 9.53 Å². The van der Waals surface area contributed by atoms with E-state index in [2.05, 4.69) is 13.8 Å². The summed E-state index contributed by atoms with van der Waals surface area (Å²) in [5.74, 6) is 1.12. The van der Waals surface area contributed by atoms with E-state index in [1.165, 1.54) is 6.92 Å². The molecule has 0 aromatic heterocycles. The quantitative estimate of drug-likeness (QED) is 0.628. The third-order valence-corrected chi connectivity index (χ3v) is 2.66. The van der Waals surface area contributed by atoms with Crippen LogP contribution >= 0.6 is 0 Å². The van der Waals surface area contributed by atoms with Gasteiger partial charge in [-0.3, -0.25) is 4.79 Å². The lowest BCUT2D eigenvalue weighted by Crippen LogP contribution is -2.18. The van der Waals surface area contributed by atoms with Crippen LogP contribution in [0.4, 0.5) is 5.69 Å². The highest BCUT2D eigenvalue weighted by Gasteiger charge is 2.10. The van der Waals surface area contributed by atoms with E-state index >= 15 is 0 Å². The molecular weight excluding hydrogens is 202 g/mol. The highest BCUT2D eigenvalue weighted by Crippen LogP contribution is 2.22. The lowest BCUT2D eigenvalue weighted by molar-refractivity contribution is 0.101. The van der Waals surface area contributed by atoms with Crippen LogP contribution in [-0.2, 0) is 0 Å². The van der Waals surface area contributed by atoms with Gasteiger partial charge in [-0.15, -0.1) is 0 Å². The SMILES string of the molecule is CC(=O)c1ccc(OC(C)C(C)C)cc1N. The molecule has 0 aliphatic carbocycles. The molecule has 0 heterocycles. The second-order valence-corrected chi connectivity index (χ2v) is 4.37. The molecule has 3 nitrogen and oxygen atoms in total. The van der Waals surface area contributed by atoms with Crippen LogP contribution < -0.4 is 10.5 Å². The van der Waals surface area contributed by atoms with Gasteiger partial charge in [-0.1, -0.05) is 13.8 Å². The Morgan fingerprint density at radius 1 is 1.31 bits per heavy atom. The number of ether oxygens (including phenoxy) is 1. The zero-order valence-electron chi connectivity index (χ0n) is 10.3. The topological polar surface area (TPSA) is 52.3 Å². The van der Waals surface area contributed by atoms with Crippen molar-refractivity contribution in [3.8, 4) is 5.75 Å². The average molecular weight is 221 g/mol. The summed E-state index contributed by atoms with van der Waals surface area (Å²) in [4.78, 5) is 11.2. The summed E-state index contributed by atoms with van der Waals surface area (Å²) in [6, 6.07) is 5.20. The van der Waals surface area contributed by atoms with Gasteiger partial charge in [-0.05, 0) is 31.9 Å². The van der Waals surface area contributed by atoms with Crippen molar-refractivity contribution >= 4 is 11.5 Å². The normalized spacial score (nSPS) is 12.6. The van der Waals surface area contributed by atoms with Gasteiger partial charge >= 0.3 is 0 Å². The standard InChI is InChI=1S/C13H19NO2/c1-8(2)10(4)16-11-5-6-12(9(3)15)13(14)7-11/h5-8,10H,14H2,1-4H3. The van der Waals surface area contributed by atoms with Crippen molar-refractivity contribution in [2.75, 3.05) is 5.73 Å². The molecule has 0 aliphatic heterocycles. The fourth-order valence-electron chi connectivity index (χ4n) is 1.29. The largest absolute Gasteiger partial charge is 0.490 e. The first kappa shape index (κ1) is 12.6. The van der Waals surface area contributed by atoms with E-state index in [0.29, 0.717) is 22.9 Å². The summed E-state index contributed by atoms with van der Waals surface area (Å²) in [7, 11) is 0. The molecule has 1 rings (SSSR count). The van der Waals surface area contributed by atoms with E-state index in [9.17, 15) is 4.79 Å². The molecule has 0 saturated carbocycles. The summed E-state index contributed by atoms with van der Waals surface area (Å²) in [6.07, 6.45) is 0.127. The smallest absolute Gasteiger partial charge is 0.161 e. The minimum Gasteiger partial charge on any atom is -0.490 e. The van der Waals surface area contributed by atoms with Gasteiger partial charge in [0, 0.05) is 17.3 Å². The van der Waals surface area contributed by atoms with Crippen molar-refractivity contribution in [3.05, 3.63) is 23.8 Å². The van der Waals surface area contributed by atoms with E-state index in [1.807, 2.05) is 6.92 Å².